The number of carbonyl (C=O) groups excluding carboxylic acids is 1. The van der Waals surface area contributed by atoms with E-state index in [1.54, 1.807) is 0 Å². The van der Waals surface area contributed by atoms with Crippen LogP contribution >= 0.6 is 15.9 Å². The quantitative estimate of drug-likeness (QED) is 0.927. The van der Waals surface area contributed by atoms with E-state index in [2.05, 4.69) is 26.3 Å². The Balaban J connectivity index is 1.72. The van der Waals surface area contributed by atoms with Crippen LogP contribution in [0.1, 0.15) is 40.2 Å². The molecule has 1 aliphatic carbocycles. The van der Waals surface area contributed by atoms with E-state index >= 15 is 0 Å². The van der Waals surface area contributed by atoms with Gasteiger partial charge < -0.3 is 5.32 Å². The number of hydrogen-bond donors (Lipinski definition) is 1. The lowest BCUT2D eigenvalue weighted by molar-refractivity contribution is 0.0950. The van der Waals surface area contributed by atoms with Crippen LogP contribution in [0.3, 0.4) is 0 Å². The average Bonchev–Trinajstić information content (AvgIpc) is 2.82. The third-order valence-corrected chi connectivity index (χ3v) is 4.44. The Kier molecular flexibility index (Phi) is 4.10. The smallest absolute Gasteiger partial charge is 0.251 e. The molecule has 0 bridgehead atoms. The van der Waals surface area contributed by atoms with E-state index in [4.69, 9.17) is 0 Å². The fraction of sp³-hybridized carbons (Fsp3) is 0.375. The summed E-state index contributed by atoms with van der Waals surface area (Å²) in [5.74, 6) is -0.0634. The second kappa shape index (κ2) is 6.02. The summed E-state index contributed by atoms with van der Waals surface area (Å²) in [6.45, 7) is 0.495. The van der Waals surface area contributed by atoms with Crippen LogP contribution in [0.25, 0.3) is 0 Å². The van der Waals surface area contributed by atoms with Crippen LogP contribution in [-0.4, -0.2) is 15.7 Å². The number of aromatic nitrogens is 2. The highest BCUT2D eigenvalue weighted by molar-refractivity contribution is 9.10. The number of hydrogen-bond acceptors (Lipinski definition) is 2. The highest BCUT2D eigenvalue weighted by Gasteiger charge is 2.19. The average molecular weight is 348 g/mol. The summed E-state index contributed by atoms with van der Waals surface area (Å²) in [6.07, 6.45) is 4.62. The van der Waals surface area contributed by atoms with Crippen molar-refractivity contribution in [2.75, 3.05) is 0 Å². The Morgan fingerprint density at radius 3 is 3.00 bits per heavy atom. The highest BCUT2D eigenvalue weighted by atomic mass is 79.9. The molecule has 0 fully saturated rings. The van der Waals surface area contributed by atoms with E-state index in [0.717, 1.165) is 23.0 Å². The van der Waals surface area contributed by atoms with Gasteiger partial charge in [0.05, 0.1) is 12.2 Å². The van der Waals surface area contributed by atoms with Gasteiger partial charge in [0.2, 0.25) is 0 Å². The molecule has 1 N–H and O–H groups in total. The molecular weight excluding hydrogens is 330 g/mol. The van der Waals surface area contributed by atoms with Crippen LogP contribution in [0.5, 0.6) is 0 Å². The van der Waals surface area contributed by atoms with Gasteiger partial charge in [0, 0.05) is 22.8 Å². The number of halogens is 1. The number of fused-ring (bicyclic) bond motifs is 1. The summed E-state index contributed by atoms with van der Waals surface area (Å²) in [5.41, 5.74) is 4.33. The lowest BCUT2D eigenvalue weighted by atomic mass is 9.96. The topological polar surface area (TPSA) is 46.9 Å². The molecule has 2 aromatic rings. The molecule has 1 heterocycles. The van der Waals surface area contributed by atoms with Crippen LogP contribution in [0.2, 0.25) is 0 Å². The molecule has 1 amide bonds. The first kappa shape index (κ1) is 14.3. The lowest BCUT2D eigenvalue weighted by Crippen LogP contribution is -2.23. The zero-order valence-electron chi connectivity index (χ0n) is 12.0. The first-order valence-electron chi connectivity index (χ1n) is 7.22. The minimum Gasteiger partial charge on any atom is -0.346 e. The Morgan fingerprint density at radius 1 is 1.38 bits per heavy atom. The van der Waals surface area contributed by atoms with Crippen molar-refractivity contribution in [3.63, 3.8) is 0 Å². The molecule has 0 saturated heterocycles. The number of carbonyl (C=O) groups is 1. The van der Waals surface area contributed by atoms with E-state index in [0.29, 0.717) is 12.1 Å². The van der Waals surface area contributed by atoms with Gasteiger partial charge in [-0.05, 0) is 49.4 Å². The molecule has 21 heavy (non-hydrogen) atoms. The number of benzene rings is 1. The maximum absolute atomic E-state index is 12.2. The fourth-order valence-corrected chi connectivity index (χ4v) is 3.30. The number of rotatable bonds is 3. The largest absolute Gasteiger partial charge is 0.346 e. The number of nitrogens with one attached hydrogen (secondary N) is 1. The lowest BCUT2D eigenvalue weighted by Gasteiger charge is -2.12. The van der Waals surface area contributed by atoms with Crippen LogP contribution in [0, 0.1) is 0 Å². The molecule has 1 aliphatic rings. The Bertz CT molecular complexity index is 678. The molecule has 110 valence electrons. The molecule has 1 aromatic heterocycles. The van der Waals surface area contributed by atoms with Crippen molar-refractivity contribution in [2.45, 2.75) is 32.2 Å². The molecular formula is C16H18BrN3O. The van der Waals surface area contributed by atoms with Gasteiger partial charge in [-0.3, -0.25) is 9.48 Å². The fourth-order valence-electron chi connectivity index (χ4n) is 2.90. The maximum atomic E-state index is 12.2. The molecule has 5 heteroatoms. The number of amides is 1. The predicted octanol–water partition coefficient (Wildman–Crippen LogP) is 2.99. The minimum absolute atomic E-state index is 0.0634. The first-order chi connectivity index (χ1) is 10.1. The molecule has 0 aliphatic heterocycles. The van der Waals surface area contributed by atoms with Gasteiger partial charge in [0.25, 0.3) is 5.91 Å². The summed E-state index contributed by atoms with van der Waals surface area (Å²) in [6, 6.07) is 7.41. The van der Waals surface area contributed by atoms with Crippen molar-refractivity contribution in [2.24, 2.45) is 7.05 Å². The van der Waals surface area contributed by atoms with E-state index in [-0.39, 0.29) is 5.91 Å². The highest BCUT2D eigenvalue weighted by Crippen LogP contribution is 2.23. The van der Waals surface area contributed by atoms with E-state index in [9.17, 15) is 4.79 Å². The van der Waals surface area contributed by atoms with Gasteiger partial charge in [-0.25, -0.2) is 0 Å². The van der Waals surface area contributed by atoms with Crippen LogP contribution in [-0.2, 0) is 26.4 Å². The molecule has 0 atom stereocenters. The zero-order valence-corrected chi connectivity index (χ0v) is 13.6. The van der Waals surface area contributed by atoms with Crippen LogP contribution < -0.4 is 5.32 Å². The van der Waals surface area contributed by atoms with Gasteiger partial charge in [0.1, 0.15) is 0 Å². The van der Waals surface area contributed by atoms with Gasteiger partial charge in [-0.2, -0.15) is 5.10 Å². The number of nitrogens with zero attached hydrogens (tertiary/aromatic N) is 2. The van der Waals surface area contributed by atoms with E-state index in [1.165, 1.54) is 24.1 Å². The van der Waals surface area contributed by atoms with Crippen LogP contribution in [0.4, 0.5) is 0 Å². The van der Waals surface area contributed by atoms with Crippen molar-refractivity contribution < 1.29 is 4.79 Å². The molecule has 3 rings (SSSR count). The van der Waals surface area contributed by atoms with Crippen molar-refractivity contribution in [3.8, 4) is 0 Å². The molecule has 0 saturated carbocycles. The van der Waals surface area contributed by atoms with Crippen LogP contribution in [0.15, 0.2) is 28.7 Å². The first-order valence-corrected chi connectivity index (χ1v) is 8.02. The molecule has 0 unspecified atom stereocenters. The third kappa shape index (κ3) is 3.02. The zero-order chi connectivity index (χ0) is 14.8. The minimum atomic E-state index is -0.0634. The van der Waals surface area contributed by atoms with Crippen molar-refractivity contribution >= 4 is 21.8 Å². The van der Waals surface area contributed by atoms with Crippen molar-refractivity contribution in [3.05, 3.63) is 51.3 Å². The third-order valence-electron chi connectivity index (χ3n) is 3.95. The predicted molar refractivity (Wildman–Crippen MR) is 85.2 cm³/mol. The second-order valence-corrected chi connectivity index (χ2v) is 6.31. The van der Waals surface area contributed by atoms with Gasteiger partial charge in [-0.1, -0.05) is 22.0 Å². The molecule has 4 nitrogen and oxygen atoms in total. The second-order valence-electron chi connectivity index (χ2n) is 5.40. The van der Waals surface area contributed by atoms with Crippen molar-refractivity contribution in [1.29, 1.82) is 0 Å². The van der Waals surface area contributed by atoms with Gasteiger partial charge in [-0.15, -0.1) is 0 Å². The normalized spacial score (nSPS) is 13.8. The summed E-state index contributed by atoms with van der Waals surface area (Å²) in [4.78, 5) is 12.2. The Hall–Kier alpha value is -1.62. The van der Waals surface area contributed by atoms with Gasteiger partial charge in [0.15, 0.2) is 0 Å². The van der Waals surface area contributed by atoms with E-state index in [1.807, 2.05) is 36.0 Å². The maximum Gasteiger partial charge on any atom is 0.251 e. The number of aryl methyl sites for hydroxylation is 1. The molecule has 0 radical (unpaired) electrons. The monoisotopic (exact) mass is 347 g/mol. The summed E-state index contributed by atoms with van der Waals surface area (Å²) < 4.78 is 2.88. The SMILES string of the molecule is Cn1nc(CNC(=O)c2cccc(Br)c2)c2c1CCCC2. The standard InChI is InChI=1S/C16H18BrN3O/c1-20-15-8-3-2-7-13(15)14(19-20)10-18-16(21)11-5-4-6-12(17)9-11/h4-6,9H,2-3,7-8,10H2,1H3,(H,18,21). The summed E-state index contributed by atoms with van der Waals surface area (Å²) >= 11 is 3.38. The van der Waals surface area contributed by atoms with E-state index < -0.39 is 0 Å². The summed E-state index contributed by atoms with van der Waals surface area (Å²) in [7, 11) is 1.99. The Morgan fingerprint density at radius 2 is 2.19 bits per heavy atom. The van der Waals surface area contributed by atoms with Crippen molar-refractivity contribution in [1.82, 2.24) is 15.1 Å². The molecule has 0 spiro atoms. The Labute approximate surface area is 132 Å². The molecule has 1 aromatic carbocycles. The summed E-state index contributed by atoms with van der Waals surface area (Å²) in [5, 5.41) is 7.54. The van der Waals surface area contributed by atoms with Gasteiger partial charge >= 0.3 is 0 Å².